The van der Waals surface area contributed by atoms with Crippen molar-refractivity contribution in [2.45, 2.75) is 6.92 Å². The summed E-state index contributed by atoms with van der Waals surface area (Å²) in [6, 6.07) is 5.66. The highest BCUT2D eigenvalue weighted by Gasteiger charge is 1.98. The largest absolute Gasteiger partial charge is 0.496 e. The second-order valence-electron chi connectivity index (χ2n) is 3.19. The Morgan fingerprint density at radius 3 is 2.69 bits per heavy atom. The van der Waals surface area contributed by atoms with Crippen molar-refractivity contribution in [2.24, 2.45) is 0 Å². The molecule has 0 aliphatic carbocycles. The van der Waals surface area contributed by atoms with E-state index in [1.54, 1.807) is 7.11 Å². The average Bonchev–Trinajstić information content (AvgIpc) is 2.29. The summed E-state index contributed by atoms with van der Waals surface area (Å²) >= 11 is 0. The van der Waals surface area contributed by atoms with Crippen LogP contribution in [0.15, 0.2) is 30.5 Å². The molecule has 1 N–H and O–H groups in total. The number of rotatable bonds is 4. The molecular formula is C12H15NO3. The van der Waals surface area contributed by atoms with Crippen LogP contribution in [-0.4, -0.2) is 20.2 Å². The maximum Gasteiger partial charge on any atom is 0.331 e. The maximum absolute atomic E-state index is 10.8. The zero-order valence-corrected chi connectivity index (χ0v) is 9.61. The molecule has 0 bridgehead atoms. The summed E-state index contributed by atoms with van der Waals surface area (Å²) in [4.78, 5) is 10.8. The Morgan fingerprint density at radius 2 is 2.12 bits per heavy atom. The lowest BCUT2D eigenvalue weighted by atomic mass is 10.2. The van der Waals surface area contributed by atoms with Crippen LogP contribution < -0.4 is 10.1 Å². The van der Waals surface area contributed by atoms with Crippen LogP contribution in [0.5, 0.6) is 5.75 Å². The molecule has 0 spiro atoms. The zero-order chi connectivity index (χ0) is 12.0. The number of ether oxygens (including phenoxy) is 2. The van der Waals surface area contributed by atoms with Gasteiger partial charge in [-0.25, -0.2) is 4.79 Å². The number of aryl methyl sites for hydroxylation is 1. The Hall–Kier alpha value is -1.97. The number of hydrogen-bond donors (Lipinski definition) is 1. The van der Waals surface area contributed by atoms with Crippen molar-refractivity contribution in [3.63, 3.8) is 0 Å². The summed E-state index contributed by atoms with van der Waals surface area (Å²) in [6.45, 7) is 1.95. The van der Waals surface area contributed by atoms with E-state index in [1.165, 1.54) is 19.4 Å². The third-order valence-corrected chi connectivity index (χ3v) is 2.07. The zero-order valence-electron chi connectivity index (χ0n) is 9.61. The summed E-state index contributed by atoms with van der Waals surface area (Å²) in [5, 5.41) is 2.97. The van der Waals surface area contributed by atoms with Crippen molar-refractivity contribution in [2.75, 3.05) is 19.5 Å². The standard InChI is InChI=1S/C12H15NO3/c1-9-8-10(4-5-11(9)15-2)13-7-6-12(14)16-3/h4-8,13H,1-3H3/b7-6+. The number of carbonyl (C=O) groups is 1. The van der Waals surface area contributed by atoms with Crippen LogP contribution >= 0.6 is 0 Å². The molecule has 0 amide bonds. The van der Waals surface area contributed by atoms with Gasteiger partial charge in [0.1, 0.15) is 5.75 Å². The fourth-order valence-electron chi connectivity index (χ4n) is 1.24. The van der Waals surface area contributed by atoms with Crippen LogP contribution in [0, 0.1) is 6.92 Å². The van der Waals surface area contributed by atoms with Crippen LogP contribution in [0.3, 0.4) is 0 Å². The minimum atomic E-state index is -0.391. The minimum absolute atomic E-state index is 0.391. The molecule has 0 atom stereocenters. The number of anilines is 1. The van der Waals surface area contributed by atoms with Gasteiger partial charge in [0, 0.05) is 18.0 Å². The Kier molecular flexibility index (Phi) is 4.39. The predicted octanol–water partition coefficient (Wildman–Crippen LogP) is 2.10. The quantitative estimate of drug-likeness (QED) is 0.624. The normalized spacial score (nSPS) is 10.2. The number of hydrogen-bond acceptors (Lipinski definition) is 4. The highest BCUT2D eigenvalue weighted by atomic mass is 16.5. The second kappa shape index (κ2) is 5.80. The molecule has 1 rings (SSSR count). The first-order valence-electron chi connectivity index (χ1n) is 4.83. The molecule has 1 aromatic carbocycles. The summed E-state index contributed by atoms with van der Waals surface area (Å²) in [5.41, 5.74) is 1.91. The molecule has 4 heteroatoms. The van der Waals surface area contributed by atoms with E-state index in [4.69, 9.17) is 4.74 Å². The van der Waals surface area contributed by atoms with Crippen LogP contribution in [0.1, 0.15) is 5.56 Å². The topological polar surface area (TPSA) is 47.6 Å². The van der Waals surface area contributed by atoms with Gasteiger partial charge >= 0.3 is 5.97 Å². The van der Waals surface area contributed by atoms with Crippen LogP contribution in [0.2, 0.25) is 0 Å². The van der Waals surface area contributed by atoms with E-state index < -0.39 is 5.97 Å². The van der Waals surface area contributed by atoms with E-state index >= 15 is 0 Å². The monoisotopic (exact) mass is 221 g/mol. The fourth-order valence-corrected chi connectivity index (χ4v) is 1.24. The van der Waals surface area contributed by atoms with Gasteiger partial charge in [-0.05, 0) is 30.7 Å². The summed E-state index contributed by atoms with van der Waals surface area (Å²) in [5.74, 6) is 0.445. The van der Waals surface area contributed by atoms with Gasteiger partial charge < -0.3 is 14.8 Å². The van der Waals surface area contributed by atoms with Crippen molar-refractivity contribution in [1.29, 1.82) is 0 Å². The molecule has 0 heterocycles. The van der Waals surface area contributed by atoms with E-state index in [2.05, 4.69) is 10.1 Å². The molecule has 0 radical (unpaired) electrons. The third kappa shape index (κ3) is 3.31. The van der Waals surface area contributed by atoms with Crippen molar-refractivity contribution in [1.82, 2.24) is 0 Å². The molecule has 1 aromatic rings. The third-order valence-electron chi connectivity index (χ3n) is 2.07. The predicted molar refractivity (Wildman–Crippen MR) is 62.5 cm³/mol. The lowest BCUT2D eigenvalue weighted by Gasteiger charge is -2.06. The number of esters is 1. The van der Waals surface area contributed by atoms with Crippen molar-refractivity contribution in [3.8, 4) is 5.75 Å². The molecule has 0 saturated heterocycles. The van der Waals surface area contributed by atoms with Crippen LogP contribution in [-0.2, 0) is 9.53 Å². The number of benzene rings is 1. The Bertz CT molecular complexity index is 399. The van der Waals surface area contributed by atoms with Gasteiger partial charge in [0.2, 0.25) is 0 Å². The summed E-state index contributed by atoms with van der Waals surface area (Å²) < 4.78 is 9.60. The van der Waals surface area contributed by atoms with Crippen LogP contribution in [0.4, 0.5) is 5.69 Å². The van der Waals surface area contributed by atoms with E-state index in [-0.39, 0.29) is 0 Å². The highest BCUT2D eigenvalue weighted by molar-refractivity contribution is 5.82. The highest BCUT2D eigenvalue weighted by Crippen LogP contribution is 2.21. The molecule has 86 valence electrons. The van der Waals surface area contributed by atoms with Crippen molar-refractivity contribution < 1.29 is 14.3 Å². The average molecular weight is 221 g/mol. The van der Waals surface area contributed by atoms with Gasteiger partial charge in [-0.1, -0.05) is 0 Å². The molecular weight excluding hydrogens is 206 g/mol. The lowest BCUT2D eigenvalue weighted by molar-refractivity contribution is -0.134. The Labute approximate surface area is 94.9 Å². The van der Waals surface area contributed by atoms with Crippen LogP contribution in [0.25, 0.3) is 0 Å². The Balaban J connectivity index is 2.65. The second-order valence-corrected chi connectivity index (χ2v) is 3.19. The molecule has 0 aliphatic heterocycles. The number of methoxy groups -OCH3 is 2. The molecule has 0 aliphatic rings. The van der Waals surface area contributed by atoms with Gasteiger partial charge in [0.15, 0.2) is 0 Å². The van der Waals surface area contributed by atoms with Crippen molar-refractivity contribution in [3.05, 3.63) is 36.0 Å². The fraction of sp³-hybridized carbons (Fsp3) is 0.250. The van der Waals surface area contributed by atoms with E-state index in [0.29, 0.717) is 0 Å². The Morgan fingerprint density at radius 1 is 1.38 bits per heavy atom. The summed E-state index contributed by atoms with van der Waals surface area (Å²) in [7, 11) is 2.97. The first-order valence-corrected chi connectivity index (χ1v) is 4.83. The maximum atomic E-state index is 10.8. The van der Waals surface area contributed by atoms with E-state index in [1.807, 2.05) is 25.1 Å². The van der Waals surface area contributed by atoms with E-state index in [0.717, 1.165) is 17.0 Å². The molecule has 4 nitrogen and oxygen atoms in total. The lowest BCUT2D eigenvalue weighted by Crippen LogP contribution is -1.96. The minimum Gasteiger partial charge on any atom is -0.496 e. The summed E-state index contributed by atoms with van der Waals surface area (Å²) in [6.07, 6.45) is 2.85. The van der Waals surface area contributed by atoms with Gasteiger partial charge in [0.05, 0.1) is 14.2 Å². The SMILES string of the molecule is COC(=O)/C=C/Nc1ccc(OC)c(C)c1. The molecule has 0 unspecified atom stereocenters. The number of nitrogens with one attached hydrogen (secondary N) is 1. The molecule has 16 heavy (non-hydrogen) atoms. The van der Waals surface area contributed by atoms with E-state index in [9.17, 15) is 4.79 Å². The molecule has 0 aromatic heterocycles. The van der Waals surface area contributed by atoms with Gasteiger partial charge in [0.25, 0.3) is 0 Å². The van der Waals surface area contributed by atoms with Gasteiger partial charge in [-0.3, -0.25) is 0 Å². The van der Waals surface area contributed by atoms with Gasteiger partial charge in [-0.2, -0.15) is 0 Å². The van der Waals surface area contributed by atoms with Crippen molar-refractivity contribution >= 4 is 11.7 Å². The first kappa shape index (κ1) is 12.1. The molecule has 0 saturated carbocycles. The molecule has 0 fully saturated rings. The number of carbonyl (C=O) groups excluding carboxylic acids is 1. The smallest absolute Gasteiger partial charge is 0.331 e. The van der Waals surface area contributed by atoms with Gasteiger partial charge in [-0.15, -0.1) is 0 Å². The first-order chi connectivity index (χ1) is 7.67.